The molecule has 0 radical (unpaired) electrons. The van der Waals surface area contributed by atoms with E-state index in [1.54, 1.807) is 0 Å². The van der Waals surface area contributed by atoms with Crippen molar-refractivity contribution in [1.29, 1.82) is 0 Å². The molecule has 2 atom stereocenters. The Morgan fingerprint density at radius 2 is 1.75 bits per heavy atom. The van der Waals surface area contributed by atoms with Gasteiger partial charge in [-0.1, -0.05) is 59.8 Å². The number of carbonyl (C=O) groups excluding carboxylic acids is 1. The van der Waals surface area contributed by atoms with Crippen LogP contribution in [0.2, 0.25) is 0 Å². The average Bonchev–Trinajstić information content (AvgIpc) is 3.32. The SMILES string of the molecule is C[C@@](CO)(C[C@@H](Cc1ccc(-c2ccccc2)cc1)NC(=O)c1cn(COP(=O)(O)O)nn1)C(=O)O. The number of carbonyl (C=O) groups is 2. The minimum atomic E-state index is -4.74. The molecule has 192 valence electrons. The van der Waals surface area contributed by atoms with Gasteiger partial charge in [0, 0.05) is 6.04 Å². The molecule has 1 aromatic heterocycles. The van der Waals surface area contributed by atoms with Crippen molar-refractivity contribution in [2.24, 2.45) is 5.41 Å². The molecule has 0 saturated heterocycles. The van der Waals surface area contributed by atoms with E-state index in [9.17, 15) is 24.4 Å². The number of aliphatic hydroxyl groups excluding tert-OH is 1. The zero-order valence-electron chi connectivity index (χ0n) is 19.4. The van der Waals surface area contributed by atoms with Crippen LogP contribution in [0, 0.1) is 5.41 Å². The number of hydrogen-bond donors (Lipinski definition) is 5. The first-order valence-electron chi connectivity index (χ1n) is 10.9. The first-order valence-corrected chi connectivity index (χ1v) is 12.4. The maximum Gasteiger partial charge on any atom is 0.471 e. The molecule has 0 unspecified atom stereocenters. The highest BCUT2D eigenvalue weighted by atomic mass is 31.2. The van der Waals surface area contributed by atoms with Crippen molar-refractivity contribution in [3.05, 3.63) is 72.1 Å². The number of carboxylic acids is 1. The monoisotopic (exact) mass is 518 g/mol. The van der Waals surface area contributed by atoms with E-state index in [2.05, 4.69) is 20.2 Å². The highest BCUT2D eigenvalue weighted by Gasteiger charge is 2.36. The maximum atomic E-state index is 12.8. The predicted molar refractivity (Wildman–Crippen MR) is 127 cm³/mol. The molecule has 3 rings (SSSR count). The molecule has 2 aromatic carbocycles. The van der Waals surface area contributed by atoms with Crippen molar-refractivity contribution < 1.29 is 38.7 Å². The Bertz CT molecular complexity index is 1230. The van der Waals surface area contributed by atoms with E-state index in [0.717, 1.165) is 27.6 Å². The third kappa shape index (κ3) is 7.54. The summed E-state index contributed by atoms with van der Waals surface area (Å²) in [5.74, 6) is -1.88. The number of rotatable bonds is 12. The number of phosphoric acid groups is 1. The molecule has 0 spiro atoms. The van der Waals surface area contributed by atoms with Gasteiger partial charge in [0.15, 0.2) is 12.4 Å². The van der Waals surface area contributed by atoms with Gasteiger partial charge in [-0.2, -0.15) is 0 Å². The fourth-order valence-corrected chi connectivity index (χ4v) is 3.81. The molecule has 0 fully saturated rings. The summed E-state index contributed by atoms with van der Waals surface area (Å²) in [6.45, 7) is 0.142. The molecule has 0 aliphatic rings. The summed E-state index contributed by atoms with van der Waals surface area (Å²) in [6.07, 6.45) is 1.35. The van der Waals surface area contributed by atoms with Gasteiger partial charge < -0.3 is 25.3 Å². The topological polar surface area (TPSA) is 184 Å². The Labute approximate surface area is 206 Å². The van der Waals surface area contributed by atoms with E-state index in [1.807, 2.05) is 54.6 Å². The highest BCUT2D eigenvalue weighted by Crippen LogP contribution is 2.35. The van der Waals surface area contributed by atoms with Crippen LogP contribution in [-0.4, -0.2) is 59.5 Å². The van der Waals surface area contributed by atoms with Gasteiger partial charge in [-0.15, -0.1) is 5.10 Å². The van der Waals surface area contributed by atoms with Gasteiger partial charge in [0.2, 0.25) is 0 Å². The summed E-state index contributed by atoms with van der Waals surface area (Å²) in [4.78, 5) is 42.2. The van der Waals surface area contributed by atoms with E-state index in [1.165, 1.54) is 6.92 Å². The smallest absolute Gasteiger partial charge is 0.471 e. The molecule has 0 saturated carbocycles. The molecule has 12 nitrogen and oxygen atoms in total. The van der Waals surface area contributed by atoms with E-state index < -0.39 is 44.5 Å². The summed E-state index contributed by atoms with van der Waals surface area (Å²) in [5.41, 5.74) is 1.22. The molecule has 36 heavy (non-hydrogen) atoms. The second-order valence-corrected chi connectivity index (χ2v) is 9.80. The number of nitrogens with zero attached hydrogens (tertiary/aromatic N) is 3. The zero-order valence-corrected chi connectivity index (χ0v) is 20.3. The minimum Gasteiger partial charge on any atom is -0.481 e. The predicted octanol–water partition coefficient (Wildman–Crippen LogP) is 1.83. The van der Waals surface area contributed by atoms with Crippen molar-refractivity contribution in [2.45, 2.75) is 32.5 Å². The third-order valence-corrected chi connectivity index (χ3v) is 6.02. The molecule has 0 bridgehead atoms. The van der Waals surface area contributed by atoms with Gasteiger partial charge in [-0.3, -0.25) is 14.1 Å². The molecular weight excluding hydrogens is 491 g/mol. The van der Waals surface area contributed by atoms with Gasteiger partial charge in [0.1, 0.15) is 0 Å². The number of phosphoric ester groups is 1. The Hall–Kier alpha value is -3.41. The molecule has 3 aromatic rings. The number of benzene rings is 2. The van der Waals surface area contributed by atoms with Gasteiger partial charge >= 0.3 is 13.8 Å². The molecule has 0 aliphatic heterocycles. The van der Waals surface area contributed by atoms with Crippen molar-refractivity contribution in [3.63, 3.8) is 0 Å². The lowest BCUT2D eigenvalue weighted by atomic mass is 9.82. The minimum absolute atomic E-state index is 0.0690. The molecule has 1 heterocycles. The zero-order chi connectivity index (χ0) is 26.3. The quantitative estimate of drug-likeness (QED) is 0.222. The van der Waals surface area contributed by atoms with Crippen LogP contribution in [0.25, 0.3) is 11.1 Å². The molecule has 5 N–H and O–H groups in total. The van der Waals surface area contributed by atoms with E-state index in [4.69, 9.17) is 9.79 Å². The summed E-state index contributed by atoms with van der Waals surface area (Å²) in [7, 11) is -4.74. The van der Waals surface area contributed by atoms with Crippen LogP contribution in [0.4, 0.5) is 0 Å². The first kappa shape index (κ1) is 27.2. The lowest BCUT2D eigenvalue weighted by molar-refractivity contribution is -0.151. The van der Waals surface area contributed by atoms with Gasteiger partial charge in [0.05, 0.1) is 18.2 Å². The van der Waals surface area contributed by atoms with Gasteiger partial charge in [-0.05, 0) is 36.5 Å². The number of aliphatic hydroxyl groups is 1. The number of hydrogen-bond acceptors (Lipinski definition) is 7. The molecule has 0 aliphatic carbocycles. The van der Waals surface area contributed by atoms with Crippen LogP contribution in [-0.2, 0) is 27.0 Å². The summed E-state index contributed by atoms with van der Waals surface area (Å²) in [6, 6.07) is 16.7. The molecular formula is C23H27N4O8P. The van der Waals surface area contributed by atoms with Gasteiger partial charge in [-0.25, -0.2) is 9.25 Å². The highest BCUT2D eigenvalue weighted by molar-refractivity contribution is 7.46. The standard InChI is InChI=1S/C23H27N4O8P/c1-23(14-28,22(30)31)12-19(11-16-7-9-18(10-8-16)17-5-3-2-4-6-17)24-21(29)20-13-27(26-25-20)15-35-36(32,33)34/h2-10,13,19,28H,11-12,14-15H2,1H3,(H,24,29)(H,30,31)(H2,32,33,34)/t19-,23+/m1/s1. The largest absolute Gasteiger partial charge is 0.481 e. The van der Waals surface area contributed by atoms with Crippen molar-refractivity contribution in [2.75, 3.05) is 6.61 Å². The van der Waals surface area contributed by atoms with E-state index in [-0.39, 0.29) is 18.5 Å². The summed E-state index contributed by atoms with van der Waals surface area (Å²) < 4.78 is 16.1. The molecule has 13 heteroatoms. The fraction of sp³-hybridized carbons (Fsp3) is 0.304. The number of carboxylic acid groups (broad SMARTS) is 1. The number of amides is 1. The lowest BCUT2D eigenvalue weighted by Crippen LogP contribution is -2.44. The second-order valence-electron chi connectivity index (χ2n) is 8.56. The van der Waals surface area contributed by atoms with Crippen LogP contribution < -0.4 is 5.32 Å². The van der Waals surface area contributed by atoms with Crippen LogP contribution in [0.5, 0.6) is 0 Å². The normalized spacial score (nSPS) is 14.1. The number of aliphatic carboxylic acids is 1. The van der Waals surface area contributed by atoms with Crippen molar-refractivity contribution in [1.82, 2.24) is 20.3 Å². The van der Waals surface area contributed by atoms with Crippen LogP contribution >= 0.6 is 7.82 Å². The maximum absolute atomic E-state index is 12.8. The average molecular weight is 518 g/mol. The Balaban J connectivity index is 1.76. The van der Waals surface area contributed by atoms with E-state index in [0.29, 0.717) is 0 Å². The van der Waals surface area contributed by atoms with Crippen molar-refractivity contribution in [3.8, 4) is 11.1 Å². The number of nitrogens with one attached hydrogen (secondary N) is 1. The first-order chi connectivity index (χ1) is 17.0. The summed E-state index contributed by atoms with van der Waals surface area (Å²) >= 11 is 0. The Kier molecular flexibility index (Phi) is 8.72. The second kappa shape index (κ2) is 11.5. The van der Waals surface area contributed by atoms with Gasteiger partial charge in [0.25, 0.3) is 5.91 Å². The van der Waals surface area contributed by atoms with Crippen LogP contribution in [0.3, 0.4) is 0 Å². The van der Waals surface area contributed by atoms with E-state index >= 15 is 0 Å². The molecule has 1 amide bonds. The van der Waals surface area contributed by atoms with Crippen LogP contribution in [0.1, 0.15) is 29.4 Å². The lowest BCUT2D eigenvalue weighted by Gasteiger charge is -2.28. The van der Waals surface area contributed by atoms with Crippen LogP contribution in [0.15, 0.2) is 60.8 Å². The summed E-state index contributed by atoms with van der Waals surface area (Å²) in [5, 5.41) is 29.3. The third-order valence-electron chi connectivity index (χ3n) is 5.57. The van der Waals surface area contributed by atoms with Crippen molar-refractivity contribution >= 4 is 19.7 Å². The fourth-order valence-electron chi connectivity index (χ4n) is 3.55. The Morgan fingerprint density at radius 3 is 2.33 bits per heavy atom. The number of aromatic nitrogens is 3. The Morgan fingerprint density at radius 1 is 1.11 bits per heavy atom.